The van der Waals surface area contributed by atoms with Gasteiger partial charge in [-0.15, -0.1) is 0 Å². The zero-order chi connectivity index (χ0) is 20.3. The van der Waals surface area contributed by atoms with E-state index >= 15 is 0 Å². The Morgan fingerprint density at radius 3 is 2.43 bits per heavy atom. The number of hydrogen-bond donors (Lipinski definition) is 2. The molecule has 0 radical (unpaired) electrons. The number of fused-ring (bicyclic) bond motifs is 1. The standard InChI is InChI=1S/C22H23NO5/c1-22(2,3)28-21(26)23-13-14-4-6-16(7-5-14)18-11-15(12-19(24)25)10-17-8-9-27-20(17)18/h4-11H,12-13H2,1-3H3,(H,23,26)(H,24,25). The van der Waals surface area contributed by atoms with Crippen molar-refractivity contribution in [3.05, 3.63) is 59.9 Å². The normalized spacial score (nSPS) is 11.4. The minimum Gasteiger partial charge on any atom is -0.481 e. The first-order valence-electron chi connectivity index (χ1n) is 8.99. The van der Waals surface area contributed by atoms with Gasteiger partial charge in [0.2, 0.25) is 0 Å². The molecule has 1 amide bonds. The monoisotopic (exact) mass is 381 g/mol. The number of benzene rings is 2. The molecule has 2 N–H and O–H groups in total. The van der Waals surface area contributed by atoms with Gasteiger partial charge in [-0.05, 0) is 55.7 Å². The van der Waals surface area contributed by atoms with E-state index in [-0.39, 0.29) is 6.42 Å². The van der Waals surface area contributed by atoms with Gasteiger partial charge in [0.05, 0.1) is 12.7 Å². The number of carbonyl (C=O) groups is 2. The van der Waals surface area contributed by atoms with Crippen molar-refractivity contribution in [2.45, 2.75) is 39.3 Å². The van der Waals surface area contributed by atoms with Crippen molar-refractivity contribution >= 4 is 23.0 Å². The van der Waals surface area contributed by atoms with E-state index in [1.165, 1.54) is 0 Å². The van der Waals surface area contributed by atoms with Crippen LogP contribution in [0.3, 0.4) is 0 Å². The number of furan rings is 1. The number of carbonyl (C=O) groups excluding carboxylic acids is 1. The highest BCUT2D eigenvalue weighted by atomic mass is 16.6. The fourth-order valence-corrected chi connectivity index (χ4v) is 2.93. The smallest absolute Gasteiger partial charge is 0.407 e. The van der Waals surface area contributed by atoms with Gasteiger partial charge in [0.25, 0.3) is 0 Å². The number of nitrogens with one attached hydrogen (secondary N) is 1. The number of amides is 1. The Bertz CT molecular complexity index is 996. The van der Waals surface area contributed by atoms with E-state index in [9.17, 15) is 9.59 Å². The summed E-state index contributed by atoms with van der Waals surface area (Å²) in [6, 6.07) is 13.2. The molecule has 6 nitrogen and oxygen atoms in total. The topological polar surface area (TPSA) is 88.8 Å². The molecular formula is C22H23NO5. The third kappa shape index (κ3) is 4.91. The van der Waals surface area contributed by atoms with Crippen LogP contribution in [0.25, 0.3) is 22.1 Å². The first-order valence-corrected chi connectivity index (χ1v) is 8.99. The second kappa shape index (κ2) is 7.76. The number of carboxylic acid groups (broad SMARTS) is 1. The first kappa shape index (κ1) is 19.5. The van der Waals surface area contributed by atoms with Crippen molar-refractivity contribution in [3.8, 4) is 11.1 Å². The van der Waals surface area contributed by atoms with E-state index in [1.54, 1.807) is 6.26 Å². The quantitative estimate of drug-likeness (QED) is 0.666. The molecule has 0 unspecified atom stereocenters. The van der Waals surface area contributed by atoms with Crippen LogP contribution in [-0.2, 0) is 22.5 Å². The van der Waals surface area contributed by atoms with E-state index in [0.29, 0.717) is 17.7 Å². The van der Waals surface area contributed by atoms with E-state index < -0.39 is 17.7 Å². The number of rotatable bonds is 5. The average Bonchev–Trinajstić information content (AvgIpc) is 3.06. The highest BCUT2D eigenvalue weighted by molar-refractivity contribution is 5.93. The highest BCUT2D eigenvalue weighted by Crippen LogP contribution is 2.31. The Morgan fingerprint density at radius 1 is 1.07 bits per heavy atom. The van der Waals surface area contributed by atoms with Crippen molar-refractivity contribution in [1.82, 2.24) is 5.32 Å². The maximum absolute atomic E-state index is 11.8. The van der Waals surface area contributed by atoms with Gasteiger partial charge in [-0.2, -0.15) is 0 Å². The zero-order valence-electron chi connectivity index (χ0n) is 16.1. The number of ether oxygens (including phenoxy) is 1. The minimum atomic E-state index is -0.877. The molecule has 0 aliphatic heterocycles. The molecule has 0 aliphatic rings. The van der Waals surface area contributed by atoms with Gasteiger partial charge in [-0.1, -0.05) is 24.3 Å². The van der Waals surface area contributed by atoms with Gasteiger partial charge >= 0.3 is 12.1 Å². The summed E-state index contributed by atoms with van der Waals surface area (Å²) in [5.41, 5.74) is 3.56. The fourth-order valence-electron chi connectivity index (χ4n) is 2.93. The van der Waals surface area contributed by atoms with Crippen LogP contribution in [0, 0.1) is 0 Å². The number of aliphatic carboxylic acids is 1. The summed E-state index contributed by atoms with van der Waals surface area (Å²) in [4.78, 5) is 22.9. The van der Waals surface area contributed by atoms with Crippen molar-refractivity contribution in [2.75, 3.05) is 0 Å². The molecule has 0 bridgehead atoms. The second-order valence-corrected chi connectivity index (χ2v) is 7.61. The molecule has 1 aromatic heterocycles. The van der Waals surface area contributed by atoms with Crippen LogP contribution in [0.15, 0.2) is 53.1 Å². The van der Waals surface area contributed by atoms with Crippen molar-refractivity contribution < 1.29 is 23.8 Å². The molecule has 6 heteroatoms. The van der Waals surface area contributed by atoms with Crippen LogP contribution in [0.1, 0.15) is 31.9 Å². The molecular weight excluding hydrogens is 358 g/mol. The van der Waals surface area contributed by atoms with Crippen LogP contribution in [0.5, 0.6) is 0 Å². The predicted octanol–water partition coefficient (Wildman–Crippen LogP) is 4.75. The largest absolute Gasteiger partial charge is 0.481 e. The van der Waals surface area contributed by atoms with Gasteiger partial charge < -0.3 is 19.6 Å². The van der Waals surface area contributed by atoms with Gasteiger partial charge in [-0.3, -0.25) is 4.79 Å². The second-order valence-electron chi connectivity index (χ2n) is 7.61. The first-order chi connectivity index (χ1) is 13.2. The third-order valence-electron chi connectivity index (χ3n) is 4.07. The molecule has 0 saturated heterocycles. The summed E-state index contributed by atoms with van der Waals surface area (Å²) in [6.45, 7) is 5.80. The summed E-state index contributed by atoms with van der Waals surface area (Å²) in [5, 5.41) is 12.7. The Kier molecular flexibility index (Phi) is 5.40. The van der Waals surface area contributed by atoms with Crippen LogP contribution >= 0.6 is 0 Å². The lowest BCUT2D eigenvalue weighted by molar-refractivity contribution is -0.136. The summed E-state index contributed by atoms with van der Waals surface area (Å²) in [7, 11) is 0. The highest BCUT2D eigenvalue weighted by Gasteiger charge is 2.16. The summed E-state index contributed by atoms with van der Waals surface area (Å²) in [5.74, 6) is -0.877. The Morgan fingerprint density at radius 2 is 1.79 bits per heavy atom. The lowest BCUT2D eigenvalue weighted by Crippen LogP contribution is -2.32. The van der Waals surface area contributed by atoms with Gasteiger partial charge in [0.15, 0.2) is 0 Å². The van der Waals surface area contributed by atoms with Gasteiger partial charge in [0, 0.05) is 17.5 Å². The number of carboxylic acids is 1. The van der Waals surface area contributed by atoms with Crippen LogP contribution < -0.4 is 5.32 Å². The zero-order valence-corrected chi connectivity index (χ0v) is 16.1. The average molecular weight is 381 g/mol. The SMILES string of the molecule is CC(C)(C)OC(=O)NCc1ccc(-c2cc(CC(=O)O)cc3ccoc23)cc1. The summed E-state index contributed by atoms with van der Waals surface area (Å²) < 4.78 is 10.8. The van der Waals surface area contributed by atoms with E-state index in [0.717, 1.165) is 22.1 Å². The van der Waals surface area contributed by atoms with E-state index in [2.05, 4.69) is 5.32 Å². The lowest BCUT2D eigenvalue weighted by Gasteiger charge is -2.19. The Labute approximate surface area is 163 Å². The van der Waals surface area contributed by atoms with E-state index in [4.69, 9.17) is 14.3 Å². The maximum atomic E-state index is 11.8. The summed E-state index contributed by atoms with van der Waals surface area (Å²) in [6.07, 6.45) is 1.08. The molecule has 28 heavy (non-hydrogen) atoms. The summed E-state index contributed by atoms with van der Waals surface area (Å²) >= 11 is 0. The minimum absolute atomic E-state index is 0.0496. The molecule has 0 aliphatic carbocycles. The van der Waals surface area contributed by atoms with Crippen LogP contribution in [0.2, 0.25) is 0 Å². The lowest BCUT2D eigenvalue weighted by atomic mass is 9.98. The molecule has 0 fully saturated rings. The molecule has 0 atom stereocenters. The van der Waals surface area contributed by atoms with Crippen molar-refractivity contribution in [2.24, 2.45) is 0 Å². The molecule has 3 aromatic rings. The maximum Gasteiger partial charge on any atom is 0.407 e. The molecule has 146 valence electrons. The predicted molar refractivity (Wildman–Crippen MR) is 106 cm³/mol. The van der Waals surface area contributed by atoms with Gasteiger partial charge in [0.1, 0.15) is 11.2 Å². The Balaban J connectivity index is 1.79. The Hall–Kier alpha value is -3.28. The van der Waals surface area contributed by atoms with Crippen molar-refractivity contribution in [3.63, 3.8) is 0 Å². The fraction of sp³-hybridized carbons (Fsp3) is 0.273. The van der Waals surface area contributed by atoms with Crippen LogP contribution in [0.4, 0.5) is 4.79 Å². The van der Waals surface area contributed by atoms with Crippen molar-refractivity contribution in [1.29, 1.82) is 0 Å². The molecule has 0 spiro atoms. The molecule has 2 aromatic carbocycles. The van der Waals surface area contributed by atoms with Crippen LogP contribution in [-0.4, -0.2) is 22.8 Å². The van der Waals surface area contributed by atoms with E-state index in [1.807, 2.05) is 63.2 Å². The number of alkyl carbamates (subject to hydrolysis) is 1. The third-order valence-corrected chi connectivity index (χ3v) is 4.07. The molecule has 0 saturated carbocycles. The molecule has 1 heterocycles. The molecule has 3 rings (SSSR count). The number of hydrogen-bond acceptors (Lipinski definition) is 4. The van der Waals surface area contributed by atoms with Gasteiger partial charge in [-0.25, -0.2) is 4.79 Å².